The molecule has 0 bridgehead atoms. The van der Waals surface area contributed by atoms with Crippen molar-refractivity contribution in [3.05, 3.63) is 24.4 Å². The summed E-state index contributed by atoms with van der Waals surface area (Å²) < 4.78 is 0. The van der Waals surface area contributed by atoms with Crippen LogP contribution >= 0.6 is 24.0 Å². The Morgan fingerprint density at radius 3 is 2.69 bits per heavy atom. The van der Waals surface area contributed by atoms with Gasteiger partial charge in [0.1, 0.15) is 5.82 Å². The van der Waals surface area contributed by atoms with Crippen molar-refractivity contribution >= 4 is 35.8 Å². The van der Waals surface area contributed by atoms with E-state index in [1.54, 1.807) is 0 Å². The monoisotopic (exact) mass is 472 g/mol. The van der Waals surface area contributed by atoms with Gasteiger partial charge in [-0.25, -0.2) is 4.98 Å². The van der Waals surface area contributed by atoms with E-state index in [4.69, 9.17) is 0 Å². The summed E-state index contributed by atoms with van der Waals surface area (Å²) in [6.45, 7) is 10.9. The van der Waals surface area contributed by atoms with E-state index >= 15 is 0 Å². The largest absolute Gasteiger partial charge is 0.355 e. The molecular weight excluding hydrogens is 439 g/mol. The SMILES string of the molecule is CN=C(NCCN1CCCC(C)C1)N1CCN(c2ccccn2)CC1.I. The molecule has 0 aliphatic carbocycles. The van der Waals surface area contributed by atoms with Crippen LogP contribution in [0.25, 0.3) is 0 Å². The molecule has 1 aromatic heterocycles. The molecular formula is C19H33IN6. The molecule has 2 aliphatic heterocycles. The number of aromatic nitrogens is 1. The molecule has 2 saturated heterocycles. The predicted octanol–water partition coefficient (Wildman–Crippen LogP) is 2.13. The fourth-order valence-electron chi connectivity index (χ4n) is 3.84. The van der Waals surface area contributed by atoms with Crippen LogP contribution in [0.2, 0.25) is 0 Å². The summed E-state index contributed by atoms with van der Waals surface area (Å²) in [6.07, 6.45) is 4.58. The number of hydrogen-bond acceptors (Lipinski definition) is 4. The maximum atomic E-state index is 4.49. The fourth-order valence-corrected chi connectivity index (χ4v) is 3.84. The van der Waals surface area contributed by atoms with Crippen LogP contribution in [-0.4, -0.2) is 80.1 Å². The molecule has 146 valence electrons. The molecule has 1 atom stereocenters. The first kappa shape index (κ1) is 21.2. The number of nitrogens with zero attached hydrogens (tertiary/aromatic N) is 5. The van der Waals surface area contributed by atoms with E-state index in [1.165, 1.54) is 25.9 Å². The molecule has 2 aliphatic rings. The number of anilines is 1. The Labute approximate surface area is 175 Å². The molecule has 0 aromatic carbocycles. The van der Waals surface area contributed by atoms with Crippen molar-refractivity contribution in [1.29, 1.82) is 0 Å². The summed E-state index contributed by atoms with van der Waals surface area (Å²) in [5.74, 6) is 2.95. The van der Waals surface area contributed by atoms with Gasteiger partial charge in [-0.1, -0.05) is 13.0 Å². The molecule has 7 heteroatoms. The molecule has 1 N–H and O–H groups in total. The Kier molecular flexibility index (Phi) is 8.90. The highest BCUT2D eigenvalue weighted by molar-refractivity contribution is 14.0. The summed E-state index contributed by atoms with van der Waals surface area (Å²) in [4.78, 5) is 16.2. The van der Waals surface area contributed by atoms with Crippen LogP contribution in [0.3, 0.4) is 0 Å². The van der Waals surface area contributed by atoms with Crippen molar-refractivity contribution in [1.82, 2.24) is 20.1 Å². The molecule has 26 heavy (non-hydrogen) atoms. The van der Waals surface area contributed by atoms with E-state index in [0.717, 1.165) is 57.0 Å². The molecule has 3 heterocycles. The highest BCUT2D eigenvalue weighted by Gasteiger charge is 2.21. The third kappa shape index (κ3) is 5.97. The second kappa shape index (κ2) is 10.9. The lowest BCUT2D eigenvalue weighted by Crippen LogP contribution is -2.53. The second-order valence-corrected chi connectivity index (χ2v) is 7.18. The fraction of sp³-hybridized carbons (Fsp3) is 0.684. The number of pyridine rings is 1. The van der Waals surface area contributed by atoms with Crippen LogP contribution in [0, 0.1) is 5.92 Å². The summed E-state index contributed by atoms with van der Waals surface area (Å²) in [7, 11) is 1.89. The van der Waals surface area contributed by atoms with Gasteiger partial charge in [0.25, 0.3) is 0 Å². The summed E-state index contributed by atoms with van der Waals surface area (Å²) in [6, 6.07) is 6.10. The maximum Gasteiger partial charge on any atom is 0.193 e. The quantitative estimate of drug-likeness (QED) is 0.414. The Morgan fingerprint density at radius 2 is 2.04 bits per heavy atom. The van der Waals surface area contributed by atoms with Crippen LogP contribution in [0.4, 0.5) is 5.82 Å². The standard InChI is InChI=1S/C19H32N6.HI/c1-17-6-5-10-23(16-17)11-9-22-19(20-2)25-14-12-24(13-15-25)18-7-3-4-8-21-18;/h3-4,7-8,17H,5-6,9-16H2,1-2H3,(H,20,22);1H. The number of rotatable bonds is 4. The van der Waals surface area contributed by atoms with Gasteiger partial charge in [-0.2, -0.15) is 0 Å². The van der Waals surface area contributed by atoms with Gasteiger partial charge in [0.15, 0.2) is 5.96 Å². The lowest BCUT2D eigenvalue weighted by Gasteiger charge is -2.37. The number of guanidine groups is 1. The van der Waals surface area contributed by atoms with Gasteiger partial charge in [-0.3, -0.25) is 4.99 Å². The first-order chi connectivity index (χ1) is 12.3. The molecule has 0 spiro atoms. The highest BCUT2D eigenvalue weighted by atomic mass is 127. The predicted molar refractivity (Wildman–Crippen MR) is 120 cm³/mol. The maximum absolute atomic E-state index is 4.49. The van der Waals surface area contributed by atoms with Gasteiger partial charge in [0.05, 0.1) is 0 Å². The zero-order valence-electron chi connectivity index (χ0n) is 16.1. The second-order valence-electron chi connectivity index (χ2n) is 7.18. The van der Waals surface area contributed by atoms with E-state index in [0.29, 0.717) is 0 Å². The first-order valence-corrected chi connectivity index (χ1v) is 9.60. The van der Waals surface area contributed by atoms with Crippen LogP contribution < -0.4 is 10.2 Å². The van der Waals surface area contributed by atoms with Crippen LogP contribution in [0.1, 0.15) is 19.8 Å². The topological polar surface area (TPSA) is 47.0 Å². The zero-order chi connectivity index (χ0) is 17.5. The molecule has 1 unspecified atom stereocenters. The van der Waals surface area contributed by atoms with Crippen molar-refractivity contribution in [2.45, 2.75) is 19.8 Å². The average Bonchev–Trinajstić information content (AvgIpc) is 2.66. The van der Waals surface area contributed by atoms with E-state index in [9.17, 15) is 0 Å². The number of piperazine rings is 1. The Morgan fingerprint density at radius 1 is 1.23 bits per heavy atom. The molecule has 0 radical (unpaired) electrons. The van der Waals surface area contributed by atoms with Crippen molar-refractivity contribution < 1.29 is 0 Å². The van der Waals surface area contributed by atoms with Gasteiger partial charge in [-0.05, 0) is 37.4 Å². The van der Waals surface area contributed by atoms with Crippen molar-refractivity contribution in [3.8, 4) is 0 Å². The number of piperidine rings is 1. The molecule has 0 amide bonds. The minimum absolute atomic E-state index is 0. The van der Waals surface area contributed by atoms with Gasteiger partial charge >= 0.3 is 0 Å². The van der Waals surface area contributed by atoms with Crippen molar-refractivity contribution in [2.24, 2.45) is 10.9 Å². The van der Waals surface area contributed by atoms with E-state index in [2.05, 4.69) is 49.0 Å². The number of halogens is 1. The average molecular weight is 472 g/mol. The third-order valence-electron chi connectivity index (χ3n) is 5.22. The Balaban J connectivity index is 0.00000243. The molecule has 3 rings (SSSR count). The summed E-state index contributed by atoms with van der Waals surface area (Å²) in [5, 5.41) is 3.56. The molecule has 6 nitrogen and oxygen atoms in total. The van der Waals surface area contributed by atoms with Gasteiger partial charge in [0.2, 0.25) is 0 Å². The third-order valence-corrected chi connectivity index (χ3v) is 5.22. The zero-order valence-corrected chi connectivity index (χ0v) is 18.4. The van der Waals surface area contributed by atoms with E-state index < -0.39 is 0 Å². The van der Waals surface area contributed by atoms with Crippen molar-refractivity contribution in [3.63, 3.8) is 0 Å². The molecule has 0 saturated carbocycles. The smallest absolute Gasteiger partial charge is 0.193 e. The number of aliphatic imine (C=N–C) groups is 1. The number of likely N-dealkylation sites (tertiary alicyclic amines) is 1. The van der Waals surface area contributed by atoms with Gasteiger partial charge in [0, 0.05) is 59.1 Å². The minimum Gasteiger partial charge on any atom is -0.355 e. The van der Waals surface area contributed by atoms with E-state index in [-0.39, 0.29) is 24.0 Å². The number of hydrogen-bond donors (Lipinski definition) is 1. The highest BCUT2D eigenvalue weighted by Crippen LogP contribution is 2.15. The summed E-state index contributed by atoms with van der Waals surface area (Å²) in [5.41, 5.74) is 0. The molecule has 1 aromatic rings. The van der Waals surface area contributed by atoms with E-state index in [1.807, 2.05) is 19.3 Å². The van der Waals surface area contributed by atoms with Crippen LogP contribution in [0.5, 0.6) is 0 Å². The minimum atomic E-state index is 0. The Hall–Kier alpha value is -1.09. The van der Waals surface area contributed by atoms with Crippen LogP contribution in [0.15, 0.2) is 29.4 Å². The normalized spacial score (nSPS) is 22.1. The Bertz CT molecular complexity index is 544. The first-order valence-electron chi connectivity index (χ1n) is 9.60. The van der Waals surface area contributed by atoms with Crippen LogP contribution in [-0.2, 0) is 0 Å². The number of nitrogens with one attached hydrogen (secondary N) is 1. The summed E-state index contributed by atoms with van der Waals surface area (Å²) >= 11 is 0. The molecule has 2 fully saturated rings. The lowest BCUT2D eigenvalue weighted by molar-refractivity contribution is 0.186. The lowest BCUT2D eigenvalue weighted by atomic mass is 10.0. The van der Waals surface area contributed by atoms with Crippen molar-refractivity contribution in [2.75, 3.05) is 64.3 Å². The van der Waals surface area contributed by atoms with Gasteiger partial charge in [-0.15, -0.1) is 24.0 Å². The van der Waals surface area contributed by atoms with Gasteiger partial charge < -0.3 is 20.0 Å².